The van der Waals surface area contributed by atoms with Crippen LogP contribution in [0, 0.1) is 5.92 Å². The molecule has 6 heteroatoms. The molecule has 1 aromatic heterocycles. The predicted molar refractivity (Wildman–Crippen MR) is 55.2 cm³/mol. The average Bonchev–Trinajstić information content (AvgIpc) is 2.93. The summed E-state index contributed by atoms with van der Waals surface area (Å²) in [5.74, 6) is 1.55. The van der Waals surface area contributed by atoms with Gasteiger partial charge < -0.3 is 10.6 Å². The molecule has 1 aliphatic carbocycles. The van der Waals surface area contributed by atoms with Gasteiger partial charge in [-0.25, -0.2) is 0 Å². The highest BCUT2D eigenvalue weighted by atomic mass is 35.5. The quantitative estimate of drug-likeness (QED) is 0.810. The Balaban J connectivity index is 2.10. The van der Waals surface area contributed by atoms with E-state index in [4.69, 9.17) is 17.3 Å². The Morgan fingerprint density at radius 3 is 2.79 bits per heavy atom. The number of hydrogen-bond donors (Lipinski definition) is 1. The van der Waals surface area contributed by atoms with E-state index in [1.54, 1.807) is 0 Å². The normalized spacial score (nSPS) is 15.6. The maximum absolute atomic E-state index is 5.62. The molecule has 0 radical (unpaired) electrons. The van der Waals surface area contributed by atoms with Crippen molar-refractivity contribution in [3.8, 4) is 0 Å². The van der Waals surface area contributed by atoms with Crippen molar-refractivity contribution in [2.24, 2.45) is 5.92 Å². The SMILES string of the molecule is CN(CC1CC1)c1nnc(Cl)c(N)n1. The summed E-state index contributed by atoms with van der Waals surface area (Å²) >= 11 is 5.62. The van der Waals surface area contributed by atoms with Gasteiger partial charge in [-0.1, -0.05) is 11.6 Å². The highest BCUT2D eigenvalue weighted by Gasteiger charge is 2.24. The number of halogens is 1. The fourth-order valence-corrected chi connectivity index (χ4v) is 1.33. The Bertz CT molecular complexity index is 339. The average molecular weight is 214 g/mol. The summed E-state index contributed by atoms with van der Waals surface area (Å²) in [5.41, 5.74) is 5.53. The predicted octanol–water partition coefficient (Wildman–Crippen LogP) is 0.953. The van der Waals surface area contributed by atoms with Gasteiger partial charge in [-0.05, 0) is 18.8 Å². The van der Waals surface area contributed by atoms with Crippen molar-refractivity contribution in [3.63, 3.8) is 0 Å². The molecule has 1 fully saturated rings. The summed E-state index contributed by atoms with van der Waals surface area (Å²) in [6.07, 6.45) is 2.59. The summed E-state index contributed by atoms with van der Waals surface area (Å²) in [7, 11) is 1.93. The van der Waals surface area contributed by atoms with Crippen LogP contribution >= 0.6 is 11.6 Å². The Morgan fingerprint density at radius 2 is 2.21 bits per heavy atom. The Kier molecular flexibility index (Phi) is 2.41. The molecule has 14 heavy (non-hydrogen) atoms. The summed E-state index contributed by atoms with van der Waals surface area (Å²) < 4.78 is 0. The van der Waals surface area contributed by atoms with E-state index in [1.165, 1.54) is 12.8 Å². The first-order valence-corrected chi connectivity index (χ1v) is 4.91. The minimum Gasteiger partial charge on any atom is -0.381 e. The number of nitrogens with zero attached hydrogens (tertiary/aromatic N) is 4. The third-order valence-corrected chi connectivity index (χ3v) is 2.50. The van der Waals surface area contributed by atoms with Crippen LogP contribution in [-0.2, 0) is 0 Å². The minimum absolute atomic E-state index is 0.161. The van der Waals surface area contributed by atoms with Crippen LogP contribution in [0.3, 0.4) is 0 Å². The van der Waals surface area contributed by atoms with Crippen molar-refractivity contribution in [2.45, 2.75) is 12.8 Å². The molecule has 1 aromatic rings. The maximum Gasteiger partial charge on any atom is 0.247 e. The molecular weight excluding hydrogens is 202 g/mol. The molecule has 76 valence electrons. The van der Waals surface area contributed by atoms with E-state index in [1.807, 2.05) is 11.9 Å². The number of rotatable bonds is 3. The van der Waals surface area contributed by atoms with Gasteiger partial charge in [0.05, 0.1) is 0 Å². The van der Waals surface area contributed by atoms with Crippen LogP contribution < -0.4 is 10.6 Å². The summed E-state index contributed by atoms with van der Waals surface area (Å²) in [6, 6.07) is 0. The molecule has 1 heterocycles. The highest BCUT2D eigenvalue weighted by molar-refractivity contribution is 6.31. The topological polar surface area (TPSA) is 67.9 Å². The van der Waals surface area contributed by atoms with Crippen molar-refractivity contribution in [3.05, 3.63) is 5.15 Å². The minimum atomic E-state index is 0.161. The number of nitrogens with two attached hydrogens (primary N) is 1. The largest absolute Gasteiger partial charge is 0.381 e. The highest BCUT2D eigenvalue weighted by Crippen LogP contribution is 2.30. The third kappa shape index (κ3) is 2.04. The molecule has 0 bridgehead atoms. The molecule has 0 spiro atoms. The lowest BCUT2D eigenvalue weighted by molar-refractivity contribution is 0.752. The van der Waals surface area contributed by atoms with Crippen molar-refractivity contribution >= 4 is 23.4 Å². The van der Waals surface area contributed by atoms with Gasteiger partial charge in [0.15, 0.2) is 11.0 Å². The zero-order valence-corrected chi connectivity index (χ0v) is 8.70. The number of nitrogen functional groups attached to an aromatic ring is 1. The van der Waals surface area contributed by atoms with Gasteiger partial charge >= 0.3 is 0 Å². The Morgan fingerprint density at radius 1 is 1.50 bits per heavy atom. The molecule has 1 saturated carbocycles. The van der Waals surface area contributed by atoms with Gasteiger partial charge in [0.2, 0.25) is 5.95 Å². The van der Waals surface area contributed by atoms with E-state index in [-0.39, 0.29) is 11.0 Å². The molecule has 0 amide bonds. The molecule has 2 N–H and O–H groups in total. The van der Waals surface area contributed by atoms with Crippen LogP contribution in [0.1, 0.15) is 12.8 Å². The molecule has 0 saturated heterocycles. The molecule has 0 unspecified atom stereocenters. The summed E-state index contributed by atoms with van der Waals surface area (Å²) in [6.45, 7) is 0.961. The fraction of sp³-hybridized carbons (Fsp3) is 0.625. The molecule has 1 aliphatic rings. The van der Waals surface area contributed by atoms with Crippen LogP contribution in [0.5, 0.6) is 0 Å². The lowest BCUT2D eigenvalue weighted by Crippen LogP contribution is -2.23. The third-order valence-electron chi connectivity index (χ3n) is 2.23. The molecule has 2 rings (SSSR count). The van der Waals surface area contributed by atoms with Crippen molar-refractivity contribution in [1.82, 2.24) is 15.2 Å². The van der Waals surface area contributed by atoms with Crippen LogP contribution in [0.25, 0.3) is 0 Å². The van der Waals surface area contributed by atoms with Crippen LogP contribution in [0.15, 0.2) is 0 Å². The Labute approximate surface area is 87.3 Å². The molecule has 0 aromatic carbocycles. The molecular formula is C8H12ClN5. The second-order valence-electron chi connectivity index (χ2n) is 3.61. The second kappa shape index (κ2) is 3.57. The lowest BCUT2D eigenvalue weighted by atomic mass is 10.4. The van der Waals surface area contributed by atoms with Crippen molar-refractivity contribution < 1.29 is 0 Å². The zero-order valence-electron chi connectivity index (χ0n) is 7.94. The van der Waals surface area contributed by atoms with Gasteiger partial charge in [0.25, 0.3) is 0 Å². The van der Waals surface area contributed by atoms with Gasteiger partial charge in [-0.3, -0.25) is 0 Å². The van der Waals surface area contributed by atoms with Crippen molar-refractivity contribution in [2.75, 3.05) is 24.2 Å². The van der Waals surface area contributed by atoms with Crippen LogP contribution in [0.2, 0.25) is 5.15 Å². The fourth-order valence-electron chi connectivity index (χ4n) is 1.25. The number of hydrogen-bond acceptors (Lipinski definition) is 5. The smallest absolute Gasteiger partial charge is 0.247 e. The van der Waals surface area contributed by atoms with Crippen LogP contribution in [0.4, 0.5) is 11.8 Å². The van der Waals surface area contributed by atoms with Gasteiger partial charge in [-0.2, -0.15) is 4.98 Å². The second-order valence-corrected chi connectivity index (χ2v) is 3.97. The number of aromatic nitrogens is 3. The molecule has 5 nitrogen and oxygen atoms in total. The van der Waals surface area contributed by atoms with Gasteiger partial charge in [0, 0.05) is 13.6 Å². The lowest BCUT2D eigenvalue weighted by Gasteiger charge is -2.15. The molecule has 0 atom stereocenters. The van der Waals surface area contributed by atoms with Gasteiger partial charge in [0.1, 0.15) is 0 Å². The first-order valence-electron chi connectivity index (χ1n) is 4.53. The van der Waals surface area contributed by atoms with Crippen molar-refractivity contribution in [1.29, 1.82) is 0 Å². The zero-order chi connectivity index (χ0) is 10.1. The summed E-state index contributed by atoms with van der Waals surface area (Å²) in [4.78, 5) is 6.01. The van der Waals surface area contributed by atoms with E-state index >= 15 is 0 Å². The van der Waals surface area contributed by atoms with E-state index < -0.39 is 0 Å². The summed E-state index contributed by atoms with van der Waals surface area (Å²) in [5, 5.41) is 7.75. The molecule has 0 aliphatic heterocycles. The van der Waals surface area contributed by atoms with E-state index in [0.717, 1.165) is 12.5 Å². The van der Waals surface area contributed by atoms with Gasteiger partial charge in [-0.15, -0.1) is 10.2 Å². The maximum atomic E-state index is 5.62. The van der Waals surface area contributed by atoms with E-state index in [9.17, 15) is 0 Å². The van der Waals surface area contributed by atoms with E-state index in [0.29, 0.717) is 5.95 Å². The standard InChI is InChI=1S/C8H12ClN5/c1-14(4-5-2-3-5)8-11-7(10)6(9)12-13-8/h5H,2-4H2,1H3,(H2,10,11,13). The van der Waals surface area contributed by atoms with E-state index in [2.05, 4.69) is 15.2 Å². The first-order chi connectivity index (χ1) is 6.66. The Hall–Kier alpha value is -1.10. The monoisotopic (exact) mass is 213 g/mol. The van der Waals surface area contributed by atoms with Crippen LogP contribution in [-0.4, -0.2) is 28.8 Å². The first kappa shape index (κ1) is 9.45. The number of anilines is 2.